The molecule has 4 aliphatic carbocycles. The molecule has 0 aromatic heterocycles. The highest BCUT2D eigenvalue weighted by Crippen LogP contribution is 2.73. The summed E-state index contributed by atoms with van der Waals surface area (Å²) < 4.78 is 23.1. The van der Waals surface area contributed by atoms with E-state index in [9.17, 15) is 0 Å². The van der Waals surface area contributed by atoms with E-state index in [1.54, 1.807) is 7.11 Å². The molecule has 1 heterocycles. The average Bonchev–Trinajstić information content (AvgIpc) is 2.41. The topological polar surface area (TPSA) is 40.2 Å². The zero-order valence-corrected chi connectivity index (χ0v) is 16.2. The van der Waals surface area contributed by atoms with Gasteiger partial charge in [-0.2, -0.15) is 0 Å². The lowest BCUT2D eigenvalue weighted by Gasteiger charge is -2.70. The molecule has 0 aromatic carbocycles. The van der Waals surface area contributed by atoms with Crippen LogP contribution in [0.25, 0.3) is 0 Å². The molecule has 1 aliphatic heterocycles. The van der Waals surface area contributed by atoms with Crippen LogP contribution in [0.4, 0.5) is 0 Å². The third-order valence-electron chi connectivity index (χ3n) is 6.86. The van der Waals surface area contributed by atoms with E-state index in [4.69, 9.17) is 18.9 Å². The second-order valence-corrected chi connectivity index (χ2v) is 9.39. The molecule has 5 rings (SSSR count). The first-order valence-electron chi connectivity index (χ1n) is 10.1. The molecule has 0 spiro atoms. The quantitative estimate of drug-likeness (QED) is 0.534. The number of nitrogens with zero attached hydrogens (tertiary/aromatic N) is 1. The smallest absolute Gasteiger partial charge is 0.0830 e. The zero-order chi connectivity index (χ0) is 17.5. The van der Waals surface area contributed by atoms with Crippen molar-refractivity contribution >= 4 is 0 Å². The maximum absolute atomic E-state index is 6.07. The monoisotopic (exact) mass is 353 g/mol. The van der Waals surface area contributed by atoms with Gasteiger partial charge in [0, 0.05) is 26.2 Å². The molecule has 5 heteroatoms. The highest BCUT2D eigenvalue weighted by molar-refractivity contribution is 5.17. The van der Waals surface area contributed by atoms with Gasteiger partial charge in [0.15, 0.2) is 0 Å². The summed E-state index contributed by atoms with van der Waals surface area (Å²) in [6, 6.07) is 0.641. The summed E-state index contributed by atoms with van der Waals surface area (Å²) in [5.74, 6) is 0. The molecule has 0 amide bonds. The Balaban J connectivity index is 1.000. The fraction of sp³-hybridized carbons (Fsp3) is 1.00. The number of hydrogen-bond donors (Lipinski definition) is 0. The molecule has 5 fully saturated rings. The minimum absolute atomic E-state index is 0.422. The molecule has 5 aliphatic rings. The molecule has 0 atom stereocenters. The Kier molecular flexibility index (Phi) is 5.15. The molecule has 0 unspecified atom stereocenters. The van der Waals surface area contributed by atoms with Crippen molar-refractivity contribution in [1.82, 2.24) is 4.90 Å². The molecule has 1 saturated heterocycles. The van der Waals surface area contributed by atoms with Gasteiger partial charge < -0.3 is 18.9 Å². The Labute approximate surface area is 152 Å². The van der Waals surface area contributed by atoms with E-state index in [0.29, 0.717) is 35.2 Å². The van der Waals surface area contributed by atoms with E-state index < -0.39 is 0 Å². The van der Waals surface area contributed by atoms with Crippen LogP contribution in [0.15, 0.2) is 0 Å². The molecule has 0 N–H and O–H groups in total. The van der Waals surface area contributed by atoms with Gasteiger partial charge in [-0.15, -0.1) is 0 Å². The van der Waals surface area contributed by atoms with Gasteiger partial charge in [0.05, 0.1) is 44.7 Å². The van der Waals surface area contributed by atoms with Crippen LogP contribution in [0.1, 0.15) is 46.0 Å². The van der Waals surface area contributed by atoms with Crippen LogP contribution in [-0.2, 0) is 18.9 Å². The number of ether oxygens (including phenoxy) is 4. The van der Waals surface area contributed by atoms with Crippen LogP contribution in [0.2, 0.25) is 0 Å². The normalized spacial score (nSPS) is 40.3. The number of likely N-dealkylation sites (tertiary alicyclic amines) is 1. The summed E-state index contributed by atoms with van der Waals surface area (Å²) in [5.41, 5.74) is 0.965. The summed E-state index contributed by atoms with van der Waals surface area (Å²) in [5, 5.41) is 0. The summed E-state index contributed by atoms with van der Waals surface area (Å²) in [6.45, 7) is 9.98. The molecule has 4 saturated carbocycles. The minimum Gasteiger partial charge on any atom is -0.381 e. The van der Waals surface area contributed by atoms with E-state index in [1.807, 2.05) is 0 Å². The zero-order valence-electron chi connectivity index (χ0n) is 16.2. The minimum atomic E-state index is 0.422. The Hall–Kier alpha value is -0.200. The van der Waals surface area contributed by atoms with Crippen LogP contribution < -0.4 is 0 Å². The second kappa shape index (κ2) is 7.08. The van der Waals surface area contributed by atoms with Crippen molar-refractivity contribution in [1.29, 1.82) is 0 Å². The number of hydrogen-bond acceptors (Lipinski definition) is 5. The van der Waals surface area contributed by atoms with E-state index in [2.05, 4.69) is 18.7 Å². The third kappa shape index (κ3) is 3.77. The lowest BCUT2D eigenvalue weighted by molar-refractivity contribution is -0.265. The Morgan fingerprint density at radius 2 is 1.56 bits per heavy atom. The summed E-state index contributed by atoms with van der Waals surface area (Å²) >= 11 is 0. The van der Waals surface area contributed by atoms with Crippen molar-refractivity contribution in [3.8, 4) is 0 Å². The summed E-state index contributed by atoms with van der Waals surface area (Å²) in [7, 11) is 1.79. The van der Waals surface area contributed by atoms with E-state index in [1.165, 1.54) is 19.3 Å². The largest absolute Gasteiger partial charge is 0.381 e. The molecular weight excluding hydrogens is 318 g/mol. The first-order valence-corrected chi connectivity index (χ1v) is 10.1. The Bertz CT molecular complexity index is 437. The molecule has 2 bridgehead atoms. The van der Waals surface area contributed by atoms with Crippen molar-refractivity contribution in [2.24, 2.45) is 10.8 Å². The first kappa shape index (κ1) is 18.2. The molecular formula is C20H35NO4. The van der Waals surface area contributed by atoms with Crippen molar-refractivity contribution in [3.63, 3.8) is 0 Å². The highest BCUT2D eigenvalue weighted by atomic mass is 16.5. The van der Waals surface area contributed by atoms with Gasteiger partial charge in [-0.3, -0.25) is 4.90 Å². The predicted molar refractivity (Wildman–Crippen MR) is 95.8 cm³/mol. The van der Waals surface area contributed by atoms with Gasteiger partial charge in [-0.05, 0) is 56.8 Å². The fourth-order valence-electron chi connectivity index (χ4n) is 5.24. The molecule has 5 nitrogen and oxygen atoms in total. The Morgan fingerprint density at radius 1 is 0.880 bits per heavy atom. The molecule has 0 aromatic rings. The molecule has 25 heavy (non-hydrogen) atoms. The van der Waals surface area contributed by atoms with Crippen molar-refractivity contribution < 1.29 is 18.9 Å². The van der Waals surface area contributed by atoms with Crippen molar-refractivity contribution in [3.05, 3.63) is 0 Å². The van der Waals surface area contributed by atoms with Gasteiger partial charge in [-0.25, -0.2) is 0 Å². The average molecular weight is 354 g/mol. The van der Waals surface area contributed by atoms with Crippen LogP contribution in [0.5, 0.6) is 0 Å². The van der Waals surface area contributed by atoms with Gasteiger partial charge in [0.1, 0.15) is 0 Å². The standard InChI is InChI=1S/C20H35NO4/c1-15(2)21-8-18(9-21)24-5-4-23-13-19-10-20(11-19,12-19)14-25-17-6-16(7-17)22-3/h15-18H,4-14H2,1-3H3. The fourth-order valence-corrected chi connectivity index (χ4v) is 5.24. The van der Waals surface area contributed by atoms with E-state index in [0.717, 1.165) is 52.4 Å². The number of methoxy groups -OCH3 is 1. The van der Waals surface area contributed by atoms with Gasteiger partial charge in [0.25, 0.3) is 0 Å². The Morgan fingerprint density at radius 3 is 2.20 bits per heavy atom. The first-order chi connectivity index (χ1) is 12.0. The van der Waals surface area contributed by atoms with E-state index >= 15 is 0 Å². The molecule has 0 radical (unpaired) electrons. The van der Waals surface area contributed by atoms with Crippen LogP contribution in [0, 0.1) is 10.8 Å². The lowest BCUT2D eigenvalue weighted by atomic mass is 9.35. The van der Waals surface area contributed by atoms with E-state index in [-0.39, 0.29) is 0 Å². The SMILES string of the molecule is COC1CC(OCC23CC(COCCOC4CN(C(C)C)C4)(C2)C3)C1. The lowest BCUT2D eigenvalue weighted by Crippen LogP contribution is -2.66. The van der Waals surface area contributed by atoms with Gasteiger partial charge in [-0.1, -0.05) is 0 Å². The highest BCUT2D eigenvalue weighted by Gasteiger charge is 2.67. The summed E-state index contributed by atoms with van der Waals surface area (Å²) in [4.78, 5) is 2.44. The van der Waals surface area contributed by atoms with Crippen LogP contribution in [0.3, 0.4) is 0 Å². The summed E-state index contributed by atoms with van der Waals surface area (Å²) in [6.07, 6.45) is 7.36. The van der Waals surface area contributed by atoms with Gasteiger partial charge >= 0.3 is 0 Å². The van der Waals surface area contributed by atoms with Crippen molar-refractivity contribution in [2.75, 3.05) is 46.6 Å². The maximum atomic E-state index is 6.07. The predicted octanol–water partition coefficient (Wildman–Crippen LogP) is 2.48. The van der Waals surface area contributed by atoms with Gasteiger partial charge in [0.2, 0.25) is 0 Å². The molecule has 144 valence electrons. The number of rotatable bonds is 11. The second-order valence-electron chi connectivity index (χ2n) is 9.39. The third-order valence-corrected chi connectivity index (χ3v) is 6.86. The maximum Gasteiger partial charge on any atom is 0.0830 e. The van der Waals surface area contributed by atoms with Crippen molar-refractivity contribution in [2.45, 2.75) is 70.3 Å². The van der Waals surface area contributed by atoms with Crippen LogP contribution in [-0.4, -0.2) is 75.9 Å². The van der Waals surface area contributed by atoms with Crippen LogP contribution >= 0.6 is 0 Å².